The molecule has 0 radical (unpaired) electrons. The highest BCUT2D eigenvalue weighted by Gasteiger charge is 2.10. The molecule has 0 fully saturated rings. The average Bonchev–Trinajstić information content (AvgIpc) is 2.37. The molecule has 2 atom stereocenters. The lowest BCUT2D eigenvalue weighted by atomic mass is 9.93. The van der Waals surface area contributed by atoms with E-state index in [1.54, 1.807) is 0 Å². The molecule has 0 amide bonds. The summed E-state index contributed by atoms with van der Waals surface area (Å²) in [4.78, 5) is 0. The van der Waals surface area contributed by atoms with Gasteiger partial charge in [0.1, 0.15) is 0 Å². The van der Waals surface area contributed by atoms with Crippen LogP contribution in [0.4, 0.5) is 0 Å². The van der Waals surface area contributed by atoms with Gasteiger partial charge in [0.25, 0.3) is 0 Å². The van der Waals surface area contributed by atoms with E-state index in [0.717, 1.165) is 10.9 Å². The first-order chi connectivity index (χ1) is 8.60. The van der Waals surface area contributed by atoms with Crippen molar-refractivity contribution < 1.29 is 0 Å². The summed E-state index contributed by atoms with van der Waals surface area (Å²) >= 11 is 3.50. The number of hydrogen-bond donors (Lipinski definition) is 1. The van der Waals surface area contributed by atoms with Gasteiger partial charge in [0, 0.05) is 10.5 Å². The minimum Gasteiger partial charge on any atom is -0.324 e. The second-order valence-electron chi connectivity index (χ2n) is 5.11. The second kappa shape index (κ2) is 5.85. The standard InChI is InChI=1S/C16H20BrN/c1-3-11(2)8-16(18)14-5-4-13-10-15(17)7-6-12(13)9-14/h4-7,9-11,16H,3,8,18H2,1-2H3. The number of nitrogens with two attached hydrogens (primary N) is 1. The third-order valence-corrected chi connectivity index (χ3v) is 4.10. The van der Waals surface area contributed by atoms with E-state index in [-0.39, 0.29) is 6.04 Å². The minimum absolute atomic E-state index is 0.146. The van der Waals surface area contributed by atoms with E-state index < -0.39 is 0 Å². The molecule has 2 aromatic rings. The molecule has 0 aliphatic carbocycles. The van der Waals surface area contributed by atoms with Crippen LogP contribution in [0.3, 0.4) is 0 Å². The summed E-state index contributed by atoms with van der Waals surface area (Å²) < 4.78 is 1.12. The van der Waals surface area contributed by atoms with Gasteiger partial charge in [-0.25, -0.2) is 0 Å². The second-order valence-corrected chi connectivity index (χ2v) is 6.02. The van der Waals surface area contributed by atoms with Crippen LogP contribution in [0.1, 0.15) is 38.3 Å². The Morgan fingerprint density at radius 3 is 2.50 bits per heavy atom. The largest absolute Gasteiger partial charge is 0.324 e. The topological polar surface area (TPSA) is 26.0 Å². The van der Waals surface area contributed by atoms with Gasteiger partial charge in [-0.1, -0.05) is 54.4 Å². The highest BCUT2D eigenvalue weighted by molar-refractivity contribution is 9.10. The van der Waals surface area contributed by atoms with Gasteiger partial charge in [-0.05, 0) is 46.9 Å². The zero-order valence-corrected chi connectivity index (χ0v) is 12.6. The van der Waals surface area contributed by atoms with Crippen molar-refractivity contribution in [2.75, 3.05) is 0 Å². The van der Waals surface area contributed by atoms with Crippen LogP contribution < -0.4 is 5.73 Å². The fourth-order valence-electron chi connectivity index (χ4n) is 2.20. The lowest BCUT2D eigenvalue weighted by Gasteiger charge is -2.16. The van der Waals surface area contributed by atoms with Gasteiger partial charge in [-0.15, -0.1) is 0 Å². The monoisotopic (exact) mass is 305 g/mol. The van der Waals surface area contributed by atoms with Gasteiger partial charge >= 0.3 is 0 Å². The highest BCUT2D eigenvalue weighted by Crippen LogP contribution is 2.26. The number of fused-ring (bicyclic) bond motifs is 1. The van der Waals surface area contributed by atoms with E-state index in [2.05, 4.69) is 66.2 Å². The van der Waals surface area contributed by atoms with Crippen LogP contribution in [0.25, 0.3) is 10.8 Å². The summed E-state index contributed by atoms with van der Waals surface area (Å²) in [7, 11) is 0. The Bertz CT molecular complexity index is 536. The average molecular weight is 306 g/mol. The summed E-state index contributed by atoms with van der Waals surface area (Å²) in [5.74, 6) is 0.681. The molecule has 0 aliphatic heterocycles. The Balaban J connectivity index is 2.26. The van der Waals surface area contributed by atoms with Crippen LogP contribution in [0.2, 0.25) is 0 Å². The summed E-state index contributed by atoms with van der Waals surface area (Å²) in [6.07, 6.45) is 2.24. The van der Waals surface area contributed by atoms with E-state index in [0.29, 0.717) is 5.92 Å². The molecule has 0 saturated heterocycles. The van der Waals surface area contributed by atoms with Crippen LogP contribution >= 0.6 is 15.9 Å². The summed E-state index contributed by atoms with van der Waals surface area (Å²) in [5.41, 5.74) is 7.52. The van der Waals surface area contributed by atoms with Crippen LogP contribution in [0.15, 0.2) is 40.9 Å². The van der Waals surface area contributed by atoms with Crippen molar-refractivity contribution in [3.8, 4) is 0 Å². The van der Waals surface area contributed by atoms with E-state index in [9.17, 15) is 0 Å². The van der Waals surface area contributed by atoms with E-state index in [1.165, 1.54) is 22.8 Å². The van der Waals surface area contributed by atoms with Crippen LogP contribution in [0.5, 0.6) is 0 Å². The van der Waals surface area contributed by atoms with E-state index in [1.807, 2.05) is 0 Å². The van der Waals surface area contributed by atoms with Crippen molar-refractivity contribution in [1.82, 2.24) is 0 Å². The third kappa shape index (κ3) is 3.12. The summed E-state index contributed by atoms with van der Waals surface area (Å²) in [5, 5.41) is 2.51. The lowest BCUT2D eigenvalue weighted by molar-refractivity contribution is 0.461. The normalized spacial score (nSPS) is 14.7. The van der Waals surface area contributed by atoms with Crippen molar-refractivity contribution >= 4 is 26.7 Å². The first kappa shape index (κ1) is 13.6. The van der Waals surface area contributed by atoms with Gasteiger partial charge in [0.2, 0.25) is 0 Å². The molecule has 0 spiro atoms. The molecule has 2 aromatic carbocycles. The van der Waals surface area contributed by atoms with Crippen LogP contribution in [0, 0.1) is 5.92 Å². The molecule has 2 rings (SSSR count). The number of rotatable bonds is 4. The zero-order chi connectivity index (χ0) is 13.1. The smallest absolute Gasteiger partial charge is 0.0297 e. The van der Waals surface area contributed by atoms with Crippen LogP contribution in [-0.4, -0.2) is 0 Å². The SMILES string of the molecule is CCC(C)CC(N)c1ccc2cc(Br)ccc2c1. The quantitative estimate of drug-likeness (QED) is 0.841. The Morgan fingerprint density at radius 1 is 1.11 bits per heavy atom. The van der Waals surface area contributed by atoms with E-state index in [4.69, 9.17) is 5.73 Å². The molecule has 1 nitrogen and oxygen atoms in total. The third-order valence-electron chi connectivity index (χ3n) is 3.61. The summed E-state index contributed by atoms with van der Waals surface area (Å²) in [6.45, 7) is 4.48. The molecule has 2 unspecified atom stereocenters. The lowest BCUT2D eigenvalue weighted by Crippen LogP contribution is -2.13. The van der Waals surface area contributed by atoms with Gasteiger partial charge in [0.15, 0.2) is 0 Å². The van der Waals surface area contributed by atoms with Gasteiger partial charge in [-0.3, -0.25) is 0 Å². The first-order valence-corrected chi connectivity index (χ1v) is 7.34. The number of hydrogen-bond acceptors (Lipinski definition) is 1. The first-order valence-electron chi connectivity index (χ1n) is 6.55. The van der Waals surface area contributed by atoms with Crippen molar-refractivity contribution in [3.63, 3.8) is 0 Å². The maximum atomic E-state index is 6.28. The molecule has 18 heavy (non-hydrogen) atoms. The zero-order valence-electron chi connectivity index (χ0n) is 11.0. The van der Waals surface area contributed by atoms with Crippen molar-refractivity contribution in [2.24, 2.45) is 11.7 Å². The van der Waals surface area contributed by atoms with Crippen LogP contribution in [-0.2, 0) is 0 Å². The Kier molecular flexibility index (Phi) is 4.41. The Labute approximate surface area is 118 Å². The Morgan fingerprint density at radius 2 is 1.78 bits per heavy atom. The van der Waals surface area contributed by atoms with Crippen molar-refractivity contribution in [2.45, 2.75) is 32.7 Å². The number of halogens is 1. The molecule has 96 valence electrons. The predicted octanol–water partition coefficient (Wildman–Crippen LogP) is 5.04. The molecule has 0 aliphatic rings. The number of benzene rings is 2. The molecular weight excluding hydrogens is 286 g/mol. The molecule has 0 heterocycles. The highest BCUT2D eigenvalue weighted by atomic mass is 79.9. The van der Waals surface area contributed by atoms with Crippen molar-refractivity contribution in [1.29, 1.82) is 0 Å². The Hall–Kier alpha value is -0.860. The predicted molar refractivity (Wildman–Crippen MR) is 82.6 cm³/mol. The van der Waals surface area contributed by atoms with Gasteiger partial charge < -0.3 is 5.73 Å². The van der Waals surface area contributed by atoms with Gasteiger partial charge in [0.05, 0.1) is 0 Å². The maximum Gasteiger partial charge on any atom is 0.0297 e. The summed E-state index contributed by atoms with van der Waals surface area (Å²) in [6, 6.07) is 13.0. The maximum absolute atomic E-state index is 6.28. The molecule has 0 bridgehead atoms. The van der Waals surface area contributed by atoms with Gasteiger partial charge in [-0.2, -0.15) is 0 Å². The molecule has 2 heteroatoms. The van der Waals surface area contributed by atoms with Crippen molar-refractivity contribution in [3.05, 3.63) is 46.4 Å². The molecule has 2 N–H and O–H groups in total. The fourth-order valence-corrected chi connectivity index (χ4v) is 2.58. The fraction of sp³-hybridized carbons (Fsp3) is 0.375. The minimum atomic E-state index is 0.146. The molecular formula is C16H20BrN. The van der Waals surface area contributed by atoms with E-state index >= 15 is 0 Å². The molecule has 0 saturated carbocycles. The molecule has 0 aromatic heterocycles.